The number of nitrogens with zero attached hydrogens (tertiary/aromatic N) is 1. The van der Waals surface area contributed by atoms with E-state index in [2.05, 4.69) is 15.4 Å². The molecule has 1 saturated heterocycles. The number of halogens is 1. The van der Waals surface area contributed by atoms with E-state index in [0.717, 1.165) is 12.5 Å². The van der Waals surface area contributed by atoms with Crippen LogP contribution in [0.15, 0.2) is 29.2 Å². The molecule has 0 aromatic heterocycles. The Labute approximate surface area is 184 Å². The number of nitrogens with one attached hydrogen (secondary N) is 3. The lowest BCUT2D eigenvalue weighted by Crippen LogP contribution is -2.54. The van der Waals surface area contributed by atoms with Gasteiger partial charge in [0.2, 0.25) is 21.8 Å². The molecule has 1 aliphatic heterocycles. The predicted octanol–water partition coefficient (Wildman–Crippen LogP) is 1.24. The van der Waals surface area contributed by atoms with Gasteiger partial charge in [-0.3, -0.25) is 14.5 Å². The van der Waals surface area contributed by atoms with Crippen molar-refractivity contribution in [1.29, 1.82) is 0 Å². The molecule has 2 rings (SSSR count). The molecule has 3 N–H and O–H groups in total. The van der Waals surface area contributed by atoms with Gasteiger partial charge in [0.25, 0.3) is 0 Å². The molecule has 1 fully saturated rings. The van der Waals surface area contributed by atoms with Crippen molar-refractivity contribution in [1.82, 2.24) is 20.3 Å². The zero-order chi connectivity index (χ0) is 23.0. The van der Waals surface area contributed by atoms with Crippen LogP contribution in [0.2, 0.25) is 0 Å². The Hall–Kier alpha value is -2.04. The van der Waals surface area contributed by atoms with E-state index in [0.29, 0.717) is 39.0 Å². The van der Waals surface area contributed by atoms with Gasteiger partial charge in [0, 0.05) is 25.7 Å². The van der Waals surface area contributed by atoms with E-state index < -0.39 is 32.7 Å². The molecule has 10 heteroatoms. The van der Waals surface area contributed by atoms with E-state index in [4.69, 9.17) is 0 Å². The topological polar surface area (TPSA) is 108 Å². The van der Waals surface area contributed by atoms with E-state index in [9.17, 15) is 22.4 Å². The third-order valence-corrected chi connectivity index (χ3v) is 6.71. The number of hydrogen-bond acceptors (Lipinski definition) is 5. The van der Waals surface area contributed by atoms with E-state index >= 15 is 0 Å². The Morgan fingerprint density at radius 2 is 1.84 bits per heavy atom. The van der Waals surface area contributed by atoms with E-state index in [1.165, 1.54) is 18.2 Å². The lowest BCUT2D eigenvalue weighted by atomic mass is 10.0. The molecule has 174 valence electrons. The minimum atomic E-state index is -4.19. The first-order valence-electron chi connectivity index (χ1n) is 10.7. The van der Waals surface area contributed by atoms with Gasteiger partial charge in [-0.1, -0.05) is 32.9 Å². The summed E-state index contributed by atoms with van der Waals surface area (Å²) in [5, 5.41) is 5.76. The van der Waals surface area contributed by atoms with Gasteiger partial charge in [0.05, 0.1) is 6.54 Å². The minimum Gasteiger partial charge on any atom is -0.355 e. The van der Waals surface area contributed by atoms with Crippen LogP contribution in [0.5, 0.6) is 0 Å². The maximum absolute atomic E-state index is 14.0. The molecule has 0 bridgehead atoms. The molecule has 1 atom stereocenters. The number of amides is 2. The second-order valence-electron chi connectivity index (χ2n) is 8.18. The largest absolute Gasteiger partial charge is 0.355 e. The number of rotatable bonds is 10. The zero-order valence-corrected chi connectivity index (χ0v) is 19.2. The summed E-state index contributed by atoms with van der Waals surface area (Å²) in [6, 6.07) is 3.93. The summed E-state index contributed by atoms with van der Waals surface area (Å²) in [5.41, 5.74) is 0. The fraction of sp³-hybridized carbons (Fsp3) is 0.619. The minimum absolute atomic E-state index is 0.00763. The monoisotopic (exact) mass is 456 g/mol. The number of likely N-dealkylation sites (tertiary alicyclic amines) is 1. The van der Waals surface area contributed by atoms with Crippen molar-refractivity contribution in [3.8, 4) is 0 Å². The molecule has 0 unspecified atom stereocenters. The van der Waals surface area contributed by atoms with Crippen LogP contribution in [0.3, 0.4) is 0 Å². The Morgan fingerprint density at radius 1 is 1.19 bits per heavy atom. The van der Waals surface area contributed by atoms with Gasteiger partial charge in [0.15, 0.2) is 0 Å². The Balaban J connectivity index is 1.92. The van der Waals surface area contributed by atoms with Crippen LogP contribution in [0, 0.1) is 11.7 Å². The molecule has 1 aromatic rings. The fourth-order valence-electron chi connectivity index (χ4n) is 3.44. The maximum Gasteiger partial charge on any atom is 0.244 e. The van der Waals surface area contributed by atoms with Gasteiger partial charge in [-0.15, -0.1) is 0 Å². The summed E-state index contributed by atoms with van der Waals surface area (Å²) in [6.07, 6.45) is 2.22. The van der Waals surface area contributed by atoms with Gasteiger partial charge in [0.1, 0.15) is 16.8 Å². The smallest absolute Gasteiger partial charge is 0.244 e. The first-order valence-corrected chi connectivity index (χ1v) is 12.2. The lowest BCUT2D eigenvalue weighted by Gasteiger charge is -2.33. The van der Waals surface area contributed by atoms with Crippen LogP contribution in [0.1, 0.15) is 40.0 Å². The molecular formula is C21H33FN4O4S. The van der Waals surface area contributed by atoms with Crippen LogP contribution in [-0.4, -0.2) is 63.4 Å². The molecule has 31 heavy (non-hydrogen) atoms. The van der Waals surface area contributed by atoms with Crippen molar-refractivity contribution < 1.29 is 22.4 Å². The van der Waals surface area contributed by atoms with Gasteiger partial charge >= 0.3 is 0 Å². The van der Waals surface area contributed by atoms with Crippen molar-refractivity contribution in [2.24, 2.45) is 5.92 Å². The van der Waals surface area contributed by atoms with Crippen molar-refractivity contribution in [3.05, 3.63) is 30.1 Å². The lowest BCUT2D eigenvalue weighted by molar-refractivity contribution is -0.125. The Kier molecular flexibility index (Phi) is 9.39. The number of carbonyl (C=O) groups excluding carboxylic acids is 2. The highest BCUT2D eigenvalue weighted by molar-refractivity contribution is 7.89. The molecule has 0 saturated carbocycles. The standard InChI is InChI=1S/C21H33FN4O4S/c1-4-11-23-19(27)14-26-12-9-16(10-13-26)24-21(28)20(15(2)3)25-31(29,30)18-8-6-5-7-17(18)22/h5-8,15-16,20,25H,4,9-14H2,1-3H3,(H,23,27)(H,24,28)/t20-/m0/s1. The van der Waals surface area contributed by atoms with Gasteiger partial charge in [-0.25, -0.2) is 12.8 Å². The third kappa shape index (κ3) is 7.55. The normalized spacial score (nSPS) is 16.8. The highest BCUT2D eigenvalue weighted by Gasteiger charge is 2.31. The van der Waals surface area contributed by atoms with Crippen LogP contribution in [0.25, 0.3) is 0 Å². The van der Waals surface area contributed by atoms with Crippen LogP contribution < -0.4 is 15.4 Å². The molecule has 0 aliphatic carbocycles. The van der Waals surface area contributed by atoms with Gasteiger partial charge in [-0.05, 0) is 37.3 Å². The van der Waals surface area contributed by atoms with E-state index in [-0.39, 0.29) is 17.9 Å². The average Bonchev–Trinajstić information content (AvgIpc) is 2.72. The first-order chi connectivity index (χ1) is 14.6. The summed E-state index contributed by atoms with van der Waals surface area (Å²) in [4.78, 5) is 26.2. The average molecular weight is 457 g/mol. The SMILES string of the molecule is CCCNC(=O)CN1CCC(NC(=O)[C@@H](NS(=O)(=O)c2ccccc2F)C(C)C)CC1. The molecule has 2 amide bonds. The molecule has 1 aromatic carbocycles. The van der Waals surface area contributed by atoms with Crippen LogP contribution in [-0.2, 0) is 19.6 Å². The number of sulfonamides is 1. The summed E-state index contributed by atoms with van der Waals surface area (Å²) in [7, 11) is -4.19. The zero-order valence-electron chi connectivity index (χ0n) is 18.4. The van der Waals surface area contributed by atoms with Gasteiger partial charge in [-0.2, -0.15) is 4.72 Å². The maximum atomic E-state index is 14.0. The van der Waals surface area contributed by atoms with Crippen molar-refractivity contribution >= 4 is 21.8 Å². The summed E-state index contributed by atoms with van der Waals surface area (Å²) >= 11 is 0. The second kappa shape index (κ2) is 11.5. The highest BCUT2D eigenvalue weighted by atomic mass is 32.2. The predicted molar refractivity (Wildman–Crippen MR) is 116 cm³/mol. The Morgan fingerprint density at radius 3 is 2.42 bits per heavy atom. The fourth-order valence-corrected chi connectivity index (χ4v) is 4.86. The number of carbonyl (C=O) groups is 2. The molecular weight excluding hydrogens is 423 g/mol. The quantitative estimate of drug-likeness (QED) is 0.491. The van der Waals surface area contributed by atoms with Gasteiger partial charge < -0.3 is 10.6 Å². The van der Waals surface area contributed by atoms with Crippen molar-refractivity contribution in [2.45, 2.75) is 57.0 Å². The number of piperidine rings is 1. The van der Waals surface area contributed by atoms with E-state index in [1.807, 2.05) is 11.8 Å². The molecule has 0 radical (unpaired) electrons. The first kappa shape index (κ1) is 25.2. The summed E-state index contributed by atoms with van der Waals surface area (Å²) in [5.74, 6) is -1.64. The Bertz CT molecular complexity index is 855. The third-order valence-electron chi connectivity index (χ3n) is 5.23. The van der Waals surface area contributed by atoms with Crippen molar-refractivity contribution in [3.63, 3.8) is 0 Å². The summed E-state index contributed by atoms with van der Waals surface area (Å²) in [6.45, 7) is 7.77. The second-order valence-corrected chi connectivity index (χ2v) is 9.86. The van der Waals surface area contributed by atoms with E-state index in [1.54, 1.807) is 13.8 Å². The molecule has 1 heterocycles. The van der Waals surface area contributed by atoms with Crippen LogP contribution in [0.4, 0.5) is 4.39 Å². The molecule has 0 spiro atoms. The summed E-state index contributed by atoms with van der Waals surface area (Å²) < 4.78 is 41.5. The van der Waals surface area contributed by atoms with Crippen molar-refractivity contribution in [2.75, 3.05) is 26.2 Å². The number of hydrogen-bond donors (Lipinski definition) is 3. The number of benzene rings is 1. The molecule has 8 nitrogen and oxygen atoms in total. The van der Waals surface area contributed by atoms with Crippen LogP contribution >= 0.6 is 0 Å². The molecule has 1 aliphatic rings. The highest BCUT2D eigenvalue weighted by Crippen LogP contribution is 2.16.